The number of aromatic nitrogens is 2. The van der Waals surface area contributed by atoms with E-state index in [4.69, 9.17) is 5.84 Å². The number of hydrazine groups is 1. The molecule has 3 N–H and O–H groups in total. The number of carbonyl (C=O) groups is 1. The number of nitrogens with two attached hydrogens (primary N) is 1. The number of nitrogens with one attached hydrogen (secondary N) is 1. The topological polar surface area (TPSA) is 84.1 Å². The van der Waals surface area contributed by atoms with Gasteiger partial charge < -0.3 is 10.3 Å². The lowest BCUT2D eigenvalue weighted by Crippen LogP contribution is -2.40. The van der Waals surface area contributed by atoms with Gasteiger partial charge >= 0.3 is 0 Å². The number of rotatable bonds is 5. The molecule has 0 atom stereocenters. The highest BCUT2D eigenvalue weighted by Gasteiger charge is 2.20. The van der Waals surface area contributed by atoms with Crippen LogP contribution in [0.4, 0.5) is 5.82 Å². The number of nitrogens with zero attached hydrogens (tertiary/aromatic N) is 3. The highest BCUT2D eigenvalue weighted by Crippen LogP contribution is 2.10. The first-order valence-electron chi connectivity index (χ1n) is 6.05. The Bertz CT molecular complexity index is 388. The van der Waals surface area contributed by atoms with E-state index in [0.29, 0.717) is 24.0 Å². The van der Waals surface area contributed by atoms with E-state index in [1.54, 1.807) is 4.90 Å². The highest BCUT2D eigenvalue weighted by atomic mass is 16.2. The molecule has 0 spiro atoms. The van der Waals surface area contributed by atoms with Crippen LogP contribution in [0, 0.1) is 5.92 Å². The van der Waals surface area contributed by atoms with Crippen LogP contribution in [-0.2, 0) is 0 Å². The van der Waals surface area contributed by atoms with Crippen LogP contribution in [0.5, 0.6) is 0 Å². The maximum absolute atomic E-state index is 12.3. The summed E-state index contributed by atoms with van der Waals surface area (Å²) in [5.74, 6) is 5.95. The van der Waals surface area contributed by atoms with Crippen molar-refractivity contribution in [1.29, 1.82) is 0 Å². The monoisotopic (exact) mass is 251 g/mol. The van der Waals surface area contributed by atoms with Crippen LogP contribution >= 0.6 is 0 Å². The van der Waals surface area contributed by atoms with Gasteiger partial charge in [-0.3, -0.25) is 4.79 Å². The quantitative estimate of drug-likeness (QED) is 0.608. The number of nitrogen functional groups attached to an aromatic ring is 1. The molecule has 18 heavy (non-hydrogen) atoms. The van der Waals surface area contributed by atoms with E-state index >= 15 is 0 Å². The molecule has 1 amide bonds. The van der Waals surface area contributed by atoms with Crippen LogP contribution in [0.25, 0.3) is 0 Å². The van der Waals surface area contributed by atoms with Gasteiger partial charge in [-0.1, -0.05) is 13.8 Å². The van der Waals surface area contributed by atoms with E-state index < -0.39 is 0 Å². The molecule has 0 unspecified atom stereocenters. The third-order valence-corrected chi connectivity index (χ3v) is 2.46. The molecule has 0 saturated heterocycles. The molecule has 1 rings (SSSR count). The van der Waals surface area contributed by atoms with Gasteiger partial charge in [-0.05, 0) is 19.8 Å². The van der Waals surface area contributed by atoms with Gasteiger partial charge in [0.1, 0.15) is 5.69 Å². The van der Waals surface area contributed by atoms with Crippen LogP contribution in [0.15, 0.2) is 12.4 Å². The average molecular weight is 251 g/mol. The van der Waals surface area contributed by atoms with E-state index in [1.165, 1.54) is 12.4 Å². The zero-order chi connectivity index (χ0) is 13.7. The lowest BCUT2D eigenvalue weighted by molar-refractivity contribution is 0.0675. The lowest BCUT2D eigenvalue weighted by atomic mass is 10.1. The second kappa shape index (κ2) is 6.30. The lowest BCUT2D eigenvalue weighted by Gasteiger charge is -2.28. The molecule has 0 aliphatic heterocycles. The van der Waals surface area contributed by atoms with Crippen molar-refractivity contribution in [3.8, 4) is 0 Å². The van der Waals surface area contributed by atoms with Gasteiger partial charge in [-0.15, -0.1) is 0 Å². The van der Waals surface area contributed by atoms with Crippen molar-refractivity contribution in [2.45, 2.75) is 33.7 Å². The summed E-state index contributed by atoms with van der Waals surface area (Å²) in [6.45, 7) is 8.84. The zero-order valence-corrected chi connectivity index (χ0v) is 11.3. The Morgan fingerprint density at radius 3 is 2.39 bits per heavy atom. The summed E-state index contributed by atoms with van der Waals surface area (Å²) in [4.78, 5) is 22.1. The molecule has 0 aliphatic rings. The van der Waals surface area contributed by atoms with Crippen molar-refractivity contribution >= 4 is 11.7 Å². The molecular formula is C12H21N5O. The third-order valence-electron chi connectivity index (χ3n) is 2.46. The summed E-state index contributed by atoms with van der Waals surface area (Å²) in [6, 6.07) is 0.133. The minimum absolute atomic E-state index is 0.102. The van der Waals surface area contributed by atoms with E-state index in [1.807, 2.05) is 13.8 Å². The Hall–Kier alpha value is -1.69. The summed E-state index contributed by atoms with van der Waals surface area (Å²) in [5.41, 5.74) is 2.72. The Labute approximate surface area is 108 Å². The zero-order valence-electron chi connectivity index (χ0n) is 11.3. The summed E-state index contributed by atoms with van der Waals surface area (Å²) >= 11 is 0. The van der Waals surface area contributed by atoms with Crippen LogP contribution in [0.3, 0.4) is 0 Å². The van der Waals surface area contributed by atoms with E-state index in [-0.39, 0.29) is 11.9 Å². The van der Waals surface area contributed by atoms with Crippen molar-refractivity contribution in [2.24, 2.45) is 11.8 Å². The van der Waals surface area contributed by atoms with Crippen molar-refractivity contribution in [3.63, 3.8) is 0 Å². The largest absolute Gasteiger partial charge is 0.335 e. The molecule has 0 fully saturated rings. The Morgan fingerprint density at radius 1 is 1.33 bits per heavy atom. The van der Waals surface area contributed by atoms with Gasteiger partial charge in [0.2, 0.25) is 0 Å². The predicted octanol–water partition coefficient (Wildman–Crippen LogP) is 1.27. The van der Waals surface area contributed by atoms with Crippen molar-refractivity contribution < 1.29 is 4.79 Å². The Balaban J connectivity index is 2.87. The standard InChI is InChI=1S/C12H21N5O/c1-8(2)7-17(9(3)4)12(18)10-5-15-11(16-13)6-14-10/h5-6,8-9H,7,13H2,1-4H3,(H,15,16). The van der Waals surface area contributed by atoms with Gasteiger partial charge in [0, 0.05) is 12.6 Å². The maximum Gasteiger partial charge on any atom is 0.274 e. The molecule has 0 radical (unpaired) electrons. The molecule has 1 heterocycles. The first-order chi connectivity index (χ1) is 8.45. The molecular weight excluding hydrogens is 230 g/mol. The second-order valence-corrected chi connectivity index (χ2v) is 4.88. The van der Waals surface area contributed by atoms with Crippen LogP contribution in [0.1, 0.15) is 38.2 Å². The number of hydrogen-bond acceptors (Lipinski definition) is 5. The molecule has 1 aromatic heterocycles. The molecule has 0 aliphatic carbocycles. The second-order valence-electron chi connectivity index (χ2n) is 4.88. The molecule has 0 saturated carbocycles. The maximum atomic E-state index is 12.3. The minimum Gasteiger partial charge on any atom is -0.335 e. The molecule has 6 nitrogen and oxygen atoms in total. The Kier molecular flexibility index (Phi) is 5.03. The van der Waals surface area contributed by atoms with Crippen LogP contribution in [0.2, 0.25) is 0 Å². The predicted molar refractivity (Wildman–Crippen MR) is 70.9 cm³/mol. The average Bonchev–Trinajstić information content (AvgIpc) is 2.34. The molecule has 100 valence electrons. The number of hydrogen-bond donors (Lipinski definition) is 2. The fraction of sp³-hybridized carbons (Fsp3) is 0.583. The minimum atomic E-state index is -0.102. The summed E-state index contributed by atoms with van der Waals surface area (Å²) < 4.78 is 0. The number of amides is 1. The van der Waals surface area contributed by atoms with Gasteiger partial charge in [0.25, 0.3) is 5.91 Å². The van der Waals surface area contributed by atoms with Crippen molar-refractivity contribution in [2.75, 3.05) is 12.0 Å². The summed E-state index contributed by atoms with van der Waals surface area (Å²) in [7, 11) is 0. The van der Waals surface area contributed by atoms with Gasteiger partial charge in [-0.25, -0.2) is 15.8 Å². The van der Waals surface area contributed by atoms with Crippen molar-refractivity contribution in [1.82, 2.24) is 14.9 Å². The number of anilines is 1. The molecule has 1 aromatic rings. The normalized spacial score (nSPS) is 10.8. The molecule has 6 heteroatoms. The Morgan fingerprint density at radius 2 is 2.00 bits per heavy atom. The smallest absolute Gasteiger partial charge is 0.274 e. The number of carbonyl (C=O) groups excluding carboxylic acids is 1. The van der Waals surface area contributed by atoms with Crippen LogP contribution in [-0.4, -0.2) is 33.4 Å². The van der Waals surface area contributed by atoms with E-state index in [9.17, 15) is 4.79 Å². The first kappa shape index (κ1) is 14.4. The van der Waals surface area contributed by atoms with E-state index in [2.05, 4.69) is 29.2 Å². The van der Waals surface area contributed by atoms with Gasteiger partial charge in [0.15, 0.2) is 5.82 Å². The van der Waals surface area contributed by atoms with E-state index in [0.717, 1.165) is 0 Å². The van der Waals surface area contributed by atoms with Gasteiger partial charge in [0.05, 0.1) is 12.4 Å². The molecule has 0 aromatic carbocycles. The fourth-order valence-electron chi connectivity index (χ4n) is 1.58. The first-order valence-corrected chi connectivity index (χ1v) is 6.05. The van der Waals surface area contributed by atoms with Crippen LogP contribution < -0.4 is 11.3 Å². The highest BCUT2D eigenvalue weighted by molar-refractivity contribution is 5.92. The van der Waals surface area contributed by atoms with Crippen molar-refractivity contribution in [3.05, 3.63) is 18.1 Å². The third kappa shape index (κ3) is 3.66. The fourth-order valence-corrected chi connectivity index (χ4v) is 1.58. The summed E-state index contributed by atoms with van der Waals surface area (Å²) in [5, 5.41) is 0. The van der Waals surface area contributed by atoms with Gasteiger partial charge in [-0.2, -0.15) is 0 Å². The summed E-state index contributed by atoms with van der Waals surface area (Å²) in [6.07, 6.45) is 2.88. The SMILES string of the molecule is CC(C)CN(C(=O)c1cnc(NN)cn1)C(C)C. The molecule has 0 bridgehead atoms.